The molecule has 0 aliphatic heterocycles. The van der Waals surface area contributed by atoms with E-state index < -0.39 is 0 Å². The molecule has 1 amide bonds. The molecular weight excluding hydrogens is 326 g/mol. The molecule has 1 heterocycles. The zero-order chi connectivity index (χ0) is 13.8. The largest absolute Gasteiger partial charge is 0.389 e. The van der Waals surface area contributed by atoms with Crippen LogP contribution in [0.2, 0.25) is 0 Å². The zero-order valence-electron chi connectivity index (χ0n) is 9.76. The van der Waals surface area contributed by atoms with Gasteiger partial charge in [0.05, 0.1) is 11.3 Å². The fraction of sp³-hybridized carbons (Fsp3) is 0. The number of aromatic nitrogens is 1. The third-order valence-corrected chi connectivity index (χ3v) is 3.13. The van der Waals surface area contributed by atoms with Crippen LogP contribution in [-0.2, 0) is 0 Å². The van der Waals surface area contributed by atoms with Gasteiger partial charge in [0, 0.05) is 22.4 Å². The van der Waals surface area contributed by atoms with E-state index in [9.17, 15) is 4.79 Å². The van der Waals surface area contributed by atoms with Gasteiger partial charge in [-0.3, -0.25) is 9.78 Å². The van der Waals surface area contributed by atoms with E-state index >= 15 is 0 Å². The molecule has 0 radical (unpaired) electrons. The molecule has 2 aromatic rings. The summed E-state index contributed by atoms with van der Waals surface area (Å²) >= 11 is 8.31. The van der Waals surface area contributed by atoms with Crippen LogP contribution in [0.4, 0.5) is 5.69 Å². The highest BCUT2D eigenvalue weighted by Gasteiger charge is 2.11. The fourth-order valence-electron chi connectivity index (χ4n) is 1.52. The maximum absolute atomic E-state index is 12.0. The topological polar surface area (TPSA) is 68.0 Å². The SMILES string of the molecule is NC(=S)c1cc(Br)ccc1NC(=O)c1cccnc1. The number of rotatable bonds is 3. The fourth-order valence-corrected chi connectivity index (χ4v) is 2.05. The Morgan fingerprint density at radius 2 is 2.16 bits per heavy atom. The van der Waals surface area contributed by atoms with Gasteiger partial charge in [0.1, 0.15) is 4.99 Å². The lowest BCUT2D eigenvalue weighted by molar-refractivity contribution is 0.102. The maximum atomic E-state index is 12.0. The number of nitrogens with one attached hydrogen (secondary N) is 1. The van der Waals surface area contributed by atoms with Gasteiger partial charge < -0.3 is 11.1 Å². The molecule has 0 unspecified atom stereocenters. The van der Waals surface area contributed by atoms with E-state index in [1.807, 2.05) is 0 Å². The normalized spacial score (nSPS) is 9.95. The van der Waals surface area contributed by atoms with Crippen molar-refractivity contribution in [2.75, 3.05) is 5.32 Å². The molecule has 0 saturated carbocycles. The highest BCUT2D eigenvalue weighted by Crippen LogP contribution is 2.21. The van der Waals surface area contributed by atoms with Gasteiger partial charge in [0.15, 0.2) is 0 Å². The first-order chi connectivity index (χ1) is 9.08. The van der Waals surface area contributed by atoms with E-state index in [0.29, 0.717) is 16.8 Å². The van der Waals surface area contributed by atoms with E-state index in [4.69, 9.17) is 18.0 Å². The van der Waals surface area contributed by atoms with Gasteiger partial charge in [0.2, 0.25) is 0 Å². The van der Waals surface area contributed by atoms with Crippen LogP contribution in [0, 0.1) is 0 Å². The second-order valence-corrected chi connectivity index (χ2v) is 5.11. The molecular formula is C13H10BrN3OS. The Labute approximate surface area is 124 Å². The van der Waals surface area contributed by atoms with Crippen molar-refractivity contribution in [3.05, 3.63) is 58.3 Å². The molecule has 0 atom stereocenters. The second kappa shape index (κ2) is 5.90. The Hall–Kier alpha value is -1.79. The third-order valence-electron chi connectivity index (χ3n) is 2.42. The number of nitrogens with two attached hydrogens (primary N) is 1. The molecule has 0 bridgehead atoms. The van der Waals surface area contributed by atoms with E-state index in [1.165, 1.54) is 6.20 Å². The van der Waals surface area contributed by atoms with Crippen molar-refractivity contribution in [2.45, 2.75) is 0 Å². The highest BCUT2D eigenvalue weighted by atomic mass is 79.9. The van der Waals surface area contributed by atoms with Gasteiger partial charge in [-0.15, -0.1) is 0 Å². The summed E-state index contributed by atoms with van der Waals surface area (Å²) in [5, 5.41) is 2.77. The van der Waals surface area contributed by atoms with Crippen LogP contribution in [0.3, 0.4) is 0 Å². The first kappa shape index (κ1) is 13.6. The average molecular weight is 336 g/mol. The molecule has 3 N–H and O–H groups in total. The lowest BCUT2D eigenvalue weighted by Crippen LogP contribution is -2.17. The van der Waals surface area contributed by atoms with Gasteiger partial charge in [-0.05, 0) is 30.3 Å². The number of carbonyl (C=O) groups is 1. The predicted molar refractivity (Wildman–Crippen MR) is 82.2 cm³/mol. The minimum absolute atomic E-state index is 0.225. The predicted octanol–water partition coefficient (Wildman–Crippen LogP) is 2.73. The highest BCUT2D eigenvalue weighted by molar-refractivity contribution is 9.10. The van der Waals surface area contributed by atoms with Crippen LogP contribution < -0.4 is 11.1 Å². The van der Waals surface area contributed by atoms with Crippen LogP contribution in [0.5, 0.6) is 0 Å². The summed E-state index contributed by atoms with van der Waals surface area (Å²) in [4.78, 5) is 16.2. The number of nitrogens with zero attached hydrogens (tertiary/aromatic N) is 1. The quantitative estimate of drug-likeness (QED) is 0.846. The van der Waals surface area contributed by atoms with Crippen molar-refractivity contribution in [2.24, 2.45) is 5.73 Å². The molecule has 19 heavy (non-hydrogen) atoms. The standard InChI is InChI=1S/C13H10BrN3OS/c14-9-3-4-11(10(6-9)12(15)19)17-13(18)8-2-1-5-16-7-8/h1-7H,(H2,15,19)(H,17,18). The van der Waals surface area contributed by atoms with Gasteiger partial charge >= 0.3 is 0 Å². The number of anilines is 1. The van der Waals surface area contributed by atoms with Crippen molar-refractivity contribution >= 4 is 44.7 Å². The molecule has 1 aromatic carbocycles. The number of thiocarbonyl (C=S) groups is 1. The average Bonchev–Trinajstić information content (AvgIpc) is 2.41. The first-order valence-electron chi connectivity index (χ1n) is 5.38. The molecule has 96 valence electrons. The van der Waals surface area contributed by atoms with Crippen molar-refractivity contribution in [3.63, 3.8) is 0 Å². The summed E-state index contributed by atoms with van der Waals surface area (Å²) in [7, 11) is 0. The maximum Gasteiger partial charge on any atom is 0.257 e. The third kappa shape index (κ3) is 3.36. The first-order valence-corrected chi connectivity index (χ1v) is 6.59. The van der Waals surface area contributed by atoms with E-state index in [1.54, 1.807) is 36.5 Å². The van der Waals surface area contributed by atoms with Crippen molar-refractivity contribution < 1.29 is 4.79 Å². The Bertz CT molecular complexity index is 631. The molecule has 6 heteroatoms. The number of pyridine rings is 1. The second-order valence-electron chi connectivity index (χ2n) is 3.75. The summed E-state index contributed by atoms with van der Waals surface area (Å²) in [5.74, 6) is -0.257. The number of benzene rings is 1. The minimum Gasteiger partial charge on any atom is -0.389 e. The van der Waals surface area contributed by atoms with Crippen LogP contribution in [0.15, 0.2) is 47.2 Å². The molecule has 0 saturated heterocycles. The van der Waals surface area contributed by atoms with Crippen LogP contribution in [0.25, 0.3) is 0 Å². The molecule has 0 spiro atoms. The lowest BCUT2D eigenvalue weighted by atomic mass is 10.1. The molecule has 0 aliphatic rings. The van der Waals surface area contributed by atoms with E-state index in [0.717, 1.165) is 4.47 Å². The van der Waals surface area contributed by atoms with Gasteiger partial charge in [-0.2, -0.15) is 0 Å². The van der Waals surface area contributed by atoms with Gasteiger partial charge in [-0.1, -0.05) is 28.1 Å². The Morgan fingerprint density at radius 3 is 2.79 bits per heavy atom. The Balaban J connectivity index is 2.29. The zero-order valence-corrected chi connectivity index (χ0v) is 12.2. The van der Waals surface area contributed by atoms with Crippen LogP contribution in [0.1, 0.15) is 15.9 Å². The lowest BCUT2D eigenvalue weighted by Gasteiger charge is -2.10. The van der Waals surface area contributed by atoms with E-state index in [-0.39, 0.29) is 10.9 Å². The van der Waals surface area contributed by atoms with Crippen molar-refractivity contribution in [1.29, 1.82) is 0 Å². The number of hydrogen-bond acceptors (Lipinski definition) is 3. The molecule has 0 fully saturated rings. The summed E-state index contributed by atoms with van der Waals surface area (Å²) in [6.07, 6.45) is 3.10. The number of hydrogen-bond donors (Lipinski definition) is 2. The van der Waals surface area contributed by atoms with Crippen LogP contribution in [-0.4, -0.2) is 15.9 Å². The summed E-state index contributed by atoms with van der Waals surface area (Å²) in [5.41, 5.74) is 7.30. The smallest absolute Gasteiger partial charge is 0.257 e. The number of halogens is 1. The molecule has 4 nitrogen and oxygen atoms in total. The summed E-state index contributed by atoms with van der Waals surface area (Å²) in [6, 6.07) is 8.70. The Kier molecular flexibility index (Phi) is 4.24. The monoisotopic (exact) mass is 335 g/mol. The Morgan fingerprint density at radius 1 is 1.37 bits per heavy atom. The summed E-state index contributed by atoms with van der Waals surface area (Å²) < 4.78 is 0.842. The number of amides is 1. The molecule has 0 aliphatic carbocycles. The van der Waals surface area contributed by atoms with E-state index in [2.05, 4.69) is 26.2 Å². The van der Waals surface area contributed by atoms with Crippen LogP contribution >= 0.6 is 28.1 Å². The van der Waals surface area contributed by atoms with Gasteiger partial charge in [0.25, 0.3) is 5.91 Å². The molecule has 2 rings (SSSR count). The van der Waals surface area contributed by atoms with Crippen molar-refractivity contribution in [1.82, 2.24) is 4.98 Å². The minimum atomic E-state index is -0.257. The van der Waals surface area contributed by atoms with Crippen molar-refractivity contribution in [3.8, 4) is 0 Å². The molecule has 1 aromatic heterocycles. The number of carbonyl (C=O) groups excluding carboxylic acids is 1. The van der Waals surface area contributed by atoms with Gasteiger partial charge in [-0.25, -0.2) is 0 Å². The summed E-state index contributed by atoms with van der Waals surface area (Å²) in [6.45, 7) is 0.